The molecular weight excluding hydrogens is 260 g/mol. The first-order valence-electron chi connectivity index (χ1n) is 5.99. The van der Waals surface area contributed by atoms with Gasteiger partial charge in [-0.1, -0.05) is 0 Å². The van der Waals surface area contributed by atoms with E-state index in [4.69, 9.17) is 0 Å². The topological polar surface area (TPSA) is 51.2 Å². The highest BCUT2D eigenvalue weighted by molar-refractivity contribution is 7.07. The van der Waals surface area contributed by atoms with Crippen LogP contribution < -0.4 is 5.32 Å². The van der Waals surface area contributed by atoms with Gasteiger partial charge in [-0.25, -0.2) is 4.79 Å². The van der Waals surface area contributed by atoms with Crippen molar-refractivity contribution >= 4 is 17.3 Å². The van der Waals surface area contributed by atoms with Crippen LogP contribution in [0.4, 0.5) is 0 Å². The molecule has 1 N–H and O–H groups in total. The molecule has 0 radical (unpaired) electrons. The molecule has 0 amide bonds. The fourth-order valence-corrected chi connectivity index (χ4v) is 2.42. The van der Waals surface area contributed by atoms with Crippen molar-refractivity contribution in [3.8, 4) is 0 Å². The van der Waals surface area contributed by atoms with Crippen molar-refractivity contribution in [2.24, 2.45) is 0 Å². The van der Waals surface area contributed by atoms with Gasteiger partial charge in [0.25, 0.3) is 0 Å². The Labute approximate surface area is 116 Å². The van der Waals surface area contributed by atoms with E-state index >= 15 is 0 Å². The molecule has 0 saturated heterocycles. The van der Waals surface area contributed by atoms with Crippen molar-refractivity contribution in [2.75, 3.05) is 7.11 Å². The Morgan fingerprint density at radius 1 is 1.47 bits per heavy atom. The van der Waals surface area contributed by atoms with Crippen molar-refractivity contribution in [3.05, 3.63) is 52.0 Å². The average molecular weight is 276 g/mol. The number of pyridine rings is 1. The molecule has 0 aliphatic carbocycles. The number of thiophene rings is 1. The third-order valence-corrected chi connectivity index (χ3v) is 3.58. The third kappa shape index (κ3) is 3.62. The van der Waals surface area contributed by atoms with Gasteiger partial charge < -0.3 is 10.1 Å². The van der Waals surface area contributed by atoms with Crippen molar-refractivity contribution in [2.45, 2.75) is 19.5 Å². The Hall–Kier alpha value is -1.72. The molecule has 4 nitrogen and oxygen atoms in total. The maximum atomic E-state index is 11.3. The van der Waals surface area contributed by atoms with Crippen molar-refractivity contribution in [3.63, 3.8) is 0 Å². The van der Waals surface area contributed by atoms with Gasteiger partial charge in [-0.15, -0.1) is 0 Å². The number of ether oxygens (including phenoxy) is 1. The predicted octanol–water partition coefficient (Wildman–Crippen LogP) is 2.78. The molecule has 19 heavy (non-hydrogen) atoms. The van der Waals surface area contributed by atoms with E-state index in [1.165, 1.54) is 18.9 Å². The predicted molar refractivity (Wildman–Crippen MR) is 75.2 cm³/mol. The summed E-state index contributed by atoms with van der Waals surface area (Å²) in [5.41, 5.74) is 2.64. The number of carbonyl (C=O) groups is 1. The first kappa shape index (κ1) is 13.7. The minimum absolute atomic E-state index is 0.285. The number of methoxy groups -OCH3 is 1. The molecule has 0 fully saturated rings. The van der Waals surface area contributed by atoms with Gasteiger partial charge in [0.1, 0.15) is 0 Å². The number of aromatic nitrogens is 1. The maximum Gasteiger partial charge on any atom is 0.339 e. The van der Waals surface area contributed by atoms with E-state index in [0.29, 0.717) is 12.1 Å². The summed E-state index contributed by atoms with van der Waals surface area (Å²) in [4.78, 5) is 15.5. The van der Waals surface area contributed by atoms with E-state index in [1.54, 1.807) is 17.4 Å². The van der Waals surface area contributed by atoms with Gasteiger partial charge in [-0.05, 0) is 41.4 Å². The van der Waals surface area contributed by atoms with Crippen LogP contribution in [0.25, 0.3) is 0 Å². The molecular formula is C14H16N2O2S. The highest BCUT2D eigenvalue weighted by Crippen LogP contribution is 2.15. The molecule has 2 heterocycles. The van der Waals surface area contributed by atoms with Crippen LogP contribution in [-0.4, -0.2) is 18.1 Å². The van der Waals surface area contributed by atoms with E-state index in [-0.39, 0.29) is 12.0 Å². The maximum absolute atomic E-state index is 11.3. The summed E-state index contributed by atoms with van der Waals surface area (Å²) in [6, 6.07) is 5.95. The number of hydrogen-bond donors (Lipinski definition) is 1. The van der Waals surface area contributed by atoms with E-state index in [0.717, 1.165) is 5.69 Å². The quantitative estimate of drug-likeness (QED) is 0.853. The Bertz CT molecular complexity index is 523. The lowest BCUT2D eigenvalue weighted by molar-refractivity contribution is 0.0600. The molecule has 0 aromatic carbocycles. The Kier molecular flexibility index (Phi) is 4.65. The monoisotopic (exact) mass is 276 g/mol. The molecule has 0 saturated carbocycles. The molecule has 0 aliphatic rings. The van der Waals surface area contributed by atoms with Gasteiger partial charge >= 0.3 is 5.97 Å². The smallest absolute Gasteiger partial charge is 0.339 e. The van der Waals surface area contributed by atoms with E-state index in [1.807, 2.05) is 6.07 Å². The number of carbonyl (C=O) groups excluding carboxylic acids is 1. The summed E-state index contributed by atoms with van der Waals surface area (Å²) >= 11 is 1.69. The van der Waals surface area contributed by atoms with Gasteiger partial charge in [-0.2, -0.15) is 11.3 Å². The first-order valence-corrected chi connectivity index (χ1v) is 6.93. The second-order valence-corrected chi connectivity index (χ2v) is 4.97. The SMILES string of the molecule is COC(=O)c1ccc(CNC(C)c2ccsc2)nc1. The van der Waals surface area contributed by atoms with Crippen LogP contribution in [0.1, 0.15) is 34.6 Å². The van der Waals surface area contributed by atoms with Gasteiger partial charge in [-0.3, -0.25) is 4.98 Å². The van der Waals surface area contributed by atoms with E-state index in [9.17, 15) is 4.79 Å². The molecule has 0 spiro atoms. The number of hydrogen-bond acceptors (Lipinski definition) is 5. The lowest BCUT2D eigenvalue weighted by Gasteiger charge is -2.12. The van der Waals surface area contributed by atoms with Crippen LogP contribution in [0.3, 0.4) is 0 Å². The molecule has 100 valence electrons. The average Bonchev–Trinajstić information content (AvgIpc) is 2.98. The lowest BCUT2D eigenvalue weighted by Crippen LogP contribution is -2.18. The molecule has 2 aromatic heterocycles. The summed E-state index contributed by atoms with van der Waals surface area (Å²) in [6.45, 7) is 2.78. The van der Waals surface area contributed by atoms with Crippen molar-refractivity contribution in [1.82, 2.24) is 10.3 Å². The zero-order chi connectivity index (χ0) is 13.7. The molecule has 1 atom stereocenters. The number of nitrogens with one attached hydrogen (secondary N) is 1. The van der Waals surface area contributed by atoms with Crippen LogP contribution in [-0.2, 0) is 11.3 Å². The Morgan fingerprint density at radius 3 is 2.89 bits per heavy atom. The fraction of sp³-hybridized carbons (Fsp3) is 0.286. The second kappa shape index (κ2) is 6.45. The zero-order valence-corrected chi connectivity index (χ0v) is 11.7. The van der Waals surface area contributed by atoms with E-state index < -0.39 is 0 Å². The Balaban J connectivity index is 1.91. The highest BCUT2D eigenvalue weighted by atomic mass is 32.1. The normalized spacial score (nSPS) is 12.1. The fourth-order valence-electron chi connectivity index (χ4n) is 1.66. The largest absolute Gasteiger partial charge is 0.465 e. The van der Waals surface area contributed by atoms with Crippen LogP contribution >= 0.6 is 11.3 Å². The molecule has 1 unspecified atom stereocenters. The third-order valence-electron chi connectivity index (χ3n) is 2.88. The second-order valence-electron chi connectivity index (χ2n) is 4.19. The lowest BCUT2D eigenvalue weighted by atomic mass is 10.2. The zero-order valence-electron chi connectivity index (χ0n) is 10.9. The number of rotatable bonds is 5. The standard InChI is InChI=1S/C14H16N2O2S/c1-10(12-5-6-19-9-12)15-8-13-4-3-11(7-16-13)14(17)18-2/h3-7,9-10,15H,8H2,1-2H3. The summed E-state index contributed by atoms with van der Waals surface area (Å²) in [5.74, 6) is -0.362. The minimum atomic E-state index is -0.362. The van der Waals surface area contributed by atoms with Crippen molar-refractivity contribution < 1.29 is 9.53 Å². The number of nitrogens with zero attached hydrogens (tertiary/aromatic N) is 1. The van der Waals surface area contributed by atoms with Crippen LogP contribution in [0.5, 0.6) is 0 Å². The van der Waals surface area contributed by atoms with Crippen LogP contribution in [0, 0.1) is 0 Å². The van der Waals surface area contributed by atoms with Crippen molar-refractivity contribution in [1.29, 1.82) is 0 Å². The van der Waals surface area contributed by atoms with Gasteiger partial charge in [0.2, 0.25) is 0 Å². The summed E-state index contributed by atoms with van der Waals surface area (Å²) in [5, 5.41) is 7.59. The van der Waals surface area contributed by atoms with Gasteiger partial charge in [0, 0.05) is 18.8 Å². The molecule has 2 aromatic rings. The minimum Gasteiger partial charge on any atom is -0.465 e. The van der Waals surface area contributed by atoms with Gasteiger partial charge in [0.15, 0.2) is 0 Å². The molecule has 0 aliphatic heterocycles. The first-order chi connectivity index (χ1) is 9.20. The molecule has 2 rings (SSSR count). The highest BCUT2D eigenvalue weighted by Gasteiger charge is 2.07. The number of esters is 1. The van der Waals surface area contributed by atoms with Crippen LogP contribution in [0.15, 0.2) is 35.2 Å². The van der Waals surface area contributed by atoms with Gasteiger partial charge in [0.05, 0.1) is 18.4 Å². The molecule has 0 bridgehead atoms. The molecule has 5 heteroatoms. The summed E-state index contributed by atoms with van der Waals surface area (Å²) in [6.07, 6.45) is 1.54. The summed E-state index contributed by atoms with van der Waals surface area (Å²) in [7, 11) is 1.36. The summed E-state index contributed by atoms with van der Waals surface area (Å²) < 4.78 is 4.63. The van der Waals surface area contributed by atoms with Crippen LogP contribution in [0.2, 0.25) is 0 Å². The van der Waals surface area contributed by atoms with E-state index in [2.05, 4.69) is 38.8 Å². The Morgan fingerprint density at radius 2 is 2.32 bits per heavy atom.